The highest BCUT2D eigenvalue weighted by Gasteiger charge is 2.26. The van der Waals surface area contributed by atoms with Crippen molar-refractivity contribution in [2.24, 2.45) is 0 Å². The number of carbonyl (C=O) groups excluding carboxylic acids is 1. The number of nitrogens with zero attached hydrogens (tertiary/aromatic N) is 3. The Kier molecular flexibility index (Phi) is 2.87. The molecule has 0 radical (unpaired) electrons. The van der Waals surface area contributed by atoms with E-state index in [2.05, 4.69) is 27.2 Å². The monoisotopic (exact) mass is 284 g/mol. The van der Waals surface area contributed by atoms with E-state index in [4.69, 9.17) is 0 Å². The first kappa shape index (κ1) is 12.7. The summed E-state index contributed by atoms with van der Waals surface area (Å²) in [6, 6.07) is 4.58. The molecule has 0 unspecified atom stereocenters. The molecule has 110 valence electrons. The number of piperazine rings is 1. The Balaban J connectivity index is 1.66. The zero-order valence-corrected chi connectivity index (χ0v) is 12.3. The predicted molar refractivity (Wildman–Crippen MR) is 82.5 cm³/mol. The van der Waals surface area contributed by atoms with E-state index in [-0.39, 0.29) is 5.91 Å². The lowest BCUT2D eigenvalue weighted by Crippen LogP contribution is -2.48. The minimum Gasteiger partial charge on any atom is -0.367 e. The second-order valence-corrected chi connectivity index (χ2v) is 6.14. The Morgan fingerprint density at radius 3 is 2.67 bits per heavy atom. The van der Waals surface area contributed by atoms with E-state index < -0.39 is 0 Å². The summed E-state index contributed by atoms with van der Waals surface area (Å²) in [6.45, 7) is 5.06. The number of hydrogen-bond donors (Lipinski definition) is 1. The predicted octanol–water partition coefficient (Wildman–Crippen LogP) is 2.11. The van der Waals surface area contributed by atoms with Gasteiger partial charge in [0.15, 0.2) is 0 Å². The number of aromatic amines is 1. The fourth-order valence-electron chi connectivity index (χ4n) is 3.23. The molecule has 4 rings (SSSR count). The Labute approximate surface area is 123 Å². The lowest BCUT2D eigenvalue weighted by molar-refractivity contribution is -0.129. The topological polar surface area (TPSA) is 52.2 Å². The van der Waals surface area contributed by atoms with Crippen molar-refractivity contribution in [1.29, 1.82) is 0 Å². The van der Waals surface area contributed by atoms with E-state index in [0.717, 1.165) is 37.6 Å². The van der Waals surface area contributed by atoms with Gasteiger partial charge in [-0.3, -0.25) is 9.89 Å². The quantitative estimate of drug-likeness (QED) is 0.919. The normalized spacial score (nSPS) is 19.3. The van der Waals surface area contributed by atoms with Gasteiger partial charge < -0.3 is 9.80 Å². The van der Waals surface area contributed by atoms with Crippen molar-refractivity contribution in [2.45, 2.75) is 25.7 Å². The zero-order valence-electron chi connectivity index (χ0n) is 12.3. The van der Waals surface area contributed by atoms with E-state index in [9.17, 15) is 4.79 Å². The molecule has 2 aliphatic rings. The van der Waals surface area contributed by atoms with Gasteiger partial charge in [0.05, 0.1) is 11.7 Å². The van der Waals surface area contributed by atoms with Gasteiger partial charge in [-0.05, 0) is 36.5 Å². The van der Waals surface area contributed by atoms with Crippen LogP contribution in [0, 0.1) is 0 Å². The molecule has 1 N–H and O–H groups in total. The molecule has 1 saturated heterocycles. The van der Waals surface area contributed by atoms with Crippen molar-refractivity contribution in [3.63, 3.8) is 0 Å². The molecular weight excluding hydrogens is 264 g/mol. The van der Waals surface area contributed by atoms with Crippen LogP contribution in [0.1, 0.15) is 31.2 Å². The molecular formula is C16H20N4O. The summed E-state index contributed by atoms with van der Waals surface area (Å²) >= 11 is 0. The van der Waals surface area contributed by atoms with Gasteiger partial charge in [-0.15, -0.1) is 0 Å². The first-order valence-corrected chi connectivity index (χ1v) is 7.70. The lowest BCUT2D eigenvalue weighted by Gasteiger charge is -2.36. The minimum absolute atomic E-state index is 0.176. The Morgan fingerprint density at radius 1 is 1.24 bits per heavy atom. The molecule has 0 spiro atoms. The number of nitrogens with one attached hydrogen (secondary N) is 1. The molecule has 2 heterocycles. The van der Waals surface area contributed by atoms with Gasteiger partial charge in [0, 0.05) is 44.2 Å². The number of anilines is 1. The number of aromatic nitrogens is 2. The van der Waals surface area contributed by atoms with Gasteiger partial charge >= 0.3 is 0 Å². The lowest BCUT2D eigenvalue weighted by atomic mass is 10.1. The van der Waals surface area contributed by atoms with E-state index in [1.54, 1.807) is 6.92 Å². The van der Waals surface area contributed by atoms with Crippen LogP contribution in [0.25, 0.3) is 10.9 Å². The number of hydrogen-bond acceptors (Lipinski definition) is 3. The third-order valence-electron chi connectivity index (χ3n) is 4.67. The molecule has 1 aromatic carbocycles. The van der Waals surface area contributed by atoms with E-state index in [0.29, 0.717) is 0 Å². The van der Waals surface area contributed by atoms with E-state index in [1.165, 1.54) is 29.5 Å². The fourth-order valence-corrected chi connectivity index (χ4v) is 3.23. The molecule has 0 bridgehead atoms. The summed E-state index contributed by atoms with van der Waals surface area (Å²) in [7, 11) is 0. The molecule has 1 amide bonds. The standard InChI is InChI=1S/C16H20N4O/c1-11(21)19-4-6-20(7-5-19)16-9-13(12-2-3-12)8-15-14(16)10-17-18-15/h8-10,12H,2-7H2,1H3,(H,17,18). The summed E-state index contributed by atoms with van der Waals surface area (Å²) < 4.78 is 0. The number of carbonyl (C=O) groups is 1. The smallest absolute Gasteiger partial charge is 0.219 e. The van der Waals surface area contributed by atoms with Crippen LogP contribution in [-0.4, -0.2) is 47.2 Å². The summed E-state index contributed by atoms with van der Waals surface area (Å²) in [6.07, 6.45) is 4.52. The molecule has 5 heteroatoms. The van der Waals surface area contributed by atoms with Crippen LogP contribution >= 0.6 is 0 Å². The maximum absolute atomic E-state index is 11.5. The summed E-state index contributed by atoms with van der Waals surface area (Å²) in [4.78, 5) is 15.8. The molecule has 1 aliphatic heterocycles. The summed E-state index contributed by atoms with van der Waals surface area (Å²) in [5.41, 5.74) is 3.82. The van der Waals surface area contributed by atoms with Gasteiger partial charge in [-0.1, -0.05) is 0 Å². The Hall–Kier alpha value is -2.04. The maximum atomic E-state index is 11.5. The van der Waals surface area contributed by atoms with Gasteiger partial charge in [0.1, 0.15) is 0 Å². The van der Waals surface area contributed by atoms with Crippen LogP contribution in [0.4, 0.5) is 5.69 Å². The van der Waals surface area contributed by atoms with Crippen LogP contribution in [0.15, 0.2) is 18.3 Å². The average Bonchev–Trinajstić information content (AvgIpc) is 3.24. The van der Waals surface area contributed by atoms with Crippen LogP contribution in [-0.2, 0) is 4.79 Å². The molecule has 1 saturated carbocycles. The van der Waals surface area contributed by atoms with Crippen molar-refractivity contribution < 1.29 is 4.79 Å². The van der Waals surface area contributed by atoms with Gasteiger partial charge in [-0.25, -0.2) is 0 Å². The van der Waals surface area contributed by atoms with Gasteiger partial charge in [-0.2, -0.15) is 5.10 Å². The van der Waals surface area contributed by atoms with Gasteiger partial charge in [0.25, 0.3) is 0 Å². The van der Waals surface area contributed by atoms with E-state index >= 15 is 0 Å². The van der Waals surface area contributed by atoms with E-state index in [1.807, 2.05) is 11.1 Å². The minimum atomic E-state index is 0.176. The highest BCUT2D eigenvalue weighted by atomic mass is 16.2. The molecule has 2 aromatic rings. The van der Waals surface area contributed by atoms with Gasteiger partial charge in [0.2, 0.25) is 5.91 Å². The molecule has 0 atom stereocenters. The SMILES string of the molecule is CC(=O)N1CCN(c2cc(C3CC3)cc3[nH]ncc23)CC1. The van der Waals surface area contributed by atoms with Crippen molar-refractivity contribution in [1.82, 2.24) is 15.1 Å². The third-order valence-corrected chi connectivity index (χ3v) is 4.67. The van der Waals surface area contributed by atoms with Crippen LogP contribution in [0.5, 0.6) is 0 Å². The maximum Gasteiger partial charge on any atom is 0.219 e. The summed E-state index contributed by atoms with van der Waals surface area (Å²) in [5.74, 6) is 0.907. The molecule has 1 aliphatic carbocycles. The van der Waals surface area contributed by atoms with Crippen molar-refractivity contribution >= 4 is 22.5 Å². The molecule has 1 aromatic heterocycles. The van der Waals surface area contributed by atoms with Crippen LogP contribution < -0.4 is 4.90 Å². The molecule has 2 fully saturated rings. The highest BCUT2D eigenvalue weighted by Crippen LogP contribution is 2.43. The Morgan fingerprint density at radius 2 is 2.00 bits per heavy atom. The van der Waals surface area contributed by atoms with Crippen molar-refractivity contribution in [2.75, 3.05) is 31.1 Å². The number of H-pyrrole nitrogens is 1. The molecule has 21 heavy (non-hydrogen) atoms. The van der Waals surface area contributed by atoms with Crippen molar-refractivity contribution in [3.8, 4) is 0 Å². The largest absolute Gasteiger partial charge is 0.367 e. The second-order valence-electron chi connectivity index (χ2n) is 6.14. The van der Waals surface area contributed by atoms with Crippen LogP contribution in [0.2, 0.25) is 0 Å². The number of fused-ring (bicyclic) bond motifs is 1. The molecule has 5 nitrogen and oxygen atoms in total. The fraction of sp³-hybridized carbons (Fsp3) is 0.500. The Bertz CT molecular complexity index is 681. The van der Waals surface area contributed by atoms with Crippen LogP contribution in [0.3, 0.4) is 0 Å². The zero-order chi connectivity index (χ0) is 14.4. The average molecular weight is 284 g/mol. The number of benzene rings is 1. The first-order chi connectivity index (χ1) is 10.2. The highest BCUT2D eigenvalue weighted by molar-refractivity contribution is 5.92. The first-order valence-electron chi connectivity index (χ1n) is 7.70. The third kappa shape index (κ3) is 2.26. The number of amides is 1. The summed E-state index contributed by atoms with van der Waals surface area (Å²) in [5, 5.41) is 8.50. The number of rotatable bonds is 2. The second kappa shape index (κ2) is 4.76. The van der Waals surface area contributed by atoms with Crippen molar-refractivity contribution in [3.05, 3.63) is 23.9 Å².